The van der Waals surface area contributed by atoms with Gasteiger partial charge in [0.1, 0.15) is 25.6 Å². The molecule has 35 heavy (non-hydrogen) atoms. The molecule has 3 aromatic rings. The molecule has 9 heteroatoms. The smallest absolute Gasteiger partial charge is 0.254 e. The molecule has 3 aromatic carbocycles. The molecule has 1 aliphatic rings. The highest BCUT2D eigenvalue weighted by Gasteiger charge is 2.34. The Morgan fingerprint density at radius 3 is 2.46 bits per heavy atom. The molecule has 0 N–H and O–H groups in total. The maximum absolute atomic E-state index is 13.4. The number of carbonyl (C=O) groups excluding carboxylic acids is 3. The summed E-state index contributed by atoms with van der Waals surface area (Å²) >= 11 is 12.3. The molecule has 180 valence electrons. The van der Waals surface area contributed by atoms with Gasteiger partial charge in [-0.15, -0.1) is 0 Å². The van der Waals surface area contributed by atoms with E-state index in [1.807, 2.05) is 6.92 Å². The number of carbonyl (C=O) groups is 3. The minimum atomic E-state index is -0.404. The molecule has 1 aliphatic heterocycles. The van der Waals surface area contributed by atoms with Crippen molar-refractivity contribution < 1.29 is 18.8 Å². The summed E-state index contributed by atoms with van der Waals surface area (Å²) in [6.45, 7) is 1.56. The Kier molecular flexibility index (Phi) is 7.38. The Morgan fingerprint density at radius 1 is 1.03 bits per heavy atom. The first-order valence-corrected chi connectivity index (χ1v) is 11.6. The van der Waals surface area contributed by atoms with Crippen LogP contribution in [-0.2, 0) is 16.1 Å². The highest BCUT2D eigenvalue weighted by atomic mass is 35.5. The van der Waals surface area contributed by atoms with Gasteiger partial charge in [0.05, 0.1) is 0 Å². The van der Waals surface area contributed by atoms with Crippen molar-refractivity contribution in [2.75, 3.05) is 24.7 Å². The van der Waals surface area contributed by atoms with Crippen LogP contribution < -0.4 is 4.90 Å². The van der Waals surface area contributed by atoms with Crippen LogP contribution in [0.4, 0.5) is 10.1 Å². The molecular formula is C26H22Cl2FN3O3. The summed E-state index contributed by atoms with van der Waals surface area (Å²) in [5, 5.41) is 0.916. The van der Waals surface area contributed by atoms with Gasteiger partial charge in [-0.3, -0.25) is 19.3 Å². The van der Waals surface area contributed by atoms with Gasteiger partial charge in [0.25, 0.3) is 5.91 Å². The predicted octanol–water partition coefficient (Wildman–Crippen LogP) is 4.92. The van der Waals surface area contributed by atoms with Crippen molar-refractivity contribution in [2.24, 2.45) is 0 Å². The van der Waals surface area contributed by atoms with Crippen molar-refractivity contribution in [3.63, 3.8) is 0 Å². The zero-order valence-corrected chi connectivity index (χ0v) is 20.4. The van der Waals surface area contributed by atoms with E-state index in [1.165, 1.54) is 32.9 Å². The Balaban J connectivity index is 1.54. The Bertz CT molecular complexity index is 1280. The number of benzene rings is 3. The van der Waals surface area contributed by atoms with Gasteiger partial charge < -0.3 is 9.80 Å². The molecule has 0 spiro atoms. The summed E-state index contributed by atoms with van der Waals surface area (Å²) in [6, 6.07) is 17.4. The minimum absolute atomic E-state index is 0.0502. The maximum atomic E-state index is 13.4. The van der Waals surface area contributed by atoms with Gasteiger partial charge in [0.2, 0.25) is 11.8 Å². The molecule has 1 heterocycles. The lowest BCUT2D eigenvalue weighted by molar-refractivity contribution is -0.132. The van der Waals surface area contributed by atoms with Crippen molar-refractivity contribution in [1.82, 2.24) is 9.80 Å². The third-order valence-electron chi connectivity index (χ3n) is 5.79. The van der Waals surface area contributed by atoms with Gasteiger partial charge in [-0.25, -0.2) is 4.39 Å². The van der Waals surface area contributed by atoms with Gasteiger partial charge in [0, 0.05) is 27.8 Å². The molecule has 1 fully saturated rings. The van der Waals surface area contributed by atoms with Crippen LogP contribution in [0.25, 0.3) is 0 Å². The fourth-order valence-electron chi connectivity index (χ4n) is 3.89. The third-order valence-corrected chi connectivity index (χ3v) is 6.44. The quantitative estimate of drug-likeness (QED) is 0.470. The number of rotatable bonds is 6. The average Bonchev–Trinajstić information content (AvgIpc) is 3.22. The second-order valence-corrected chi connectivity index (χ2v) is 9.08. The number of nitrogens with zero attached hydrogens (tertiary/aromatic N) is 3. The summed E-state index contributed by atoms with van der Waals surface area (Å²) in [7, 11) is 0. The molecular weight excluding hydrogens is 492 g/mol. The number of hydrogen-bond donors (Lipinski definition) is 0. The third kappa shape index (κ3) is 5.63. The van der Waals surface area contributed by atoms with Gasteiger partial charge in [0.15, 0.2) is 0 Å². The van der Waals surface area contributed by atoms with Crippen molar-refractivity contribution in [3.8, 4) is 0 Å². The number of hydrogen-bond acceptors (Lipinski definition) is 3. The lowest BCUT2D eigenvalue weighted by Crippen LogP contribution is -2.42. The first-order chi connectivity index (χ1) is 16.7. The van der Waals surface area contributed by atoms with E-state index in [0.717, 1.165) is 5.56 Å². The van der Waals surface area contributed by atoms with Crippen LogP contribution in [0.5, 0.6) is 0 Å². The van der Waals surface area contributed by atoms with Crippen LogP contribution >= 0.6 is 23.2 Å². The number of anilines is 1. The lowest BCUT2D eigenvalue weighted by Gasteiger charge is -2.26. The molecule has 0 bridgehead atoms. The predicted molar refractivity (Wildman–Crippen MR) is 133 cm³/mol. The summed E-state index contributed by atoms with van der Waals surface area (Å²) in [4.78, 5) is 43.5. The molecule has 4 rings (SSSR count). The number of halogens is 3. The van der Waals surface area contributed by atoms with Crippen LogP contribution in [0.1, 0.15) is 21.5 Å². The standard InChI is InChI=1S/C26H22Cl2FN3O3/c1-17-22(28)6-3-7-23(17)32-16-31(15-25(32)34)24(33)14-30(13-18-8-10-21(29)11-9-18)26(35)19-4-2-5-20(27)12-19/h2-12H,13-16H2,1H3. The largest absolute Gasteiger partial charge is 0.325 e. The van der Waals surface area contributed by atoms with Gasteiger partial charge in [-0.2, -0.15) is 0 Å². The van der Waals surface area contributed by atoms with Crippen LogP contribution in [0.15, 0.2) is 66.7 Å². The fourth-order valence-corrected chi connectivity index (χ4v) is 4.25. The highest BCUT2D eigenvalue weighted by molar-refractivity contribution is 6.32. The second kappa shape index (κ2) is 10.5. The Morgan fingerprint density at radius 2 is 1.74 bits per heavy atom. The first kappa shape index (κ1) is 24.7. The van der Waals surface area contributed by atoms with Gasteiger partial charge in [-0.1, -0.05) is 47.5 Å². The highest BCUT2D eigenvalue weighted by Crippen LogP contribution is 2.29. The lowest BCUT2D eigenvalue weighted by atomic mass is 10.1. The molecule has 0 unspecified atom stereocenters. The summed E-state index contributed by atoms with van der Waals surface area (Å²) in [5.74, 6) is -1.43. The van der Waals surface area contributed by atoms with Crippen molar-refractivity contribution in [1.29, 1.82) is 0 Å². The van der Waals surface area contributed by atoms with Crippen LogP contribution in [-0.4, -0.2) is 47.3 Å². The second-order valence-electron chi connectivity index (χ2n) is 8.24. The van der Waals surface area contributed by atoms with E-state index in [0.29, 0.717) is 26.9 Å². The molecule has 0 aromatic heterocycles. The zero-order chi connectivity index (χ0) is 25.1. The molecule has 0 saturated carbocycles. The molecule has 0 aliphatic carbocycles. The zero-order valence-electron chi connectivity index (χ0n) is 18.9. The van der Waals surface area contributed by atoms with Crippen LogP contribution in [0.2, 0.25) is 10.0 Å². The molecule has 1 saturated heterocycles. The Hall–Kier alpha value is -3.42. The normalized spacial score (nSPS) is 13.3. The van der Waals surface area contributed by atoms with Gasteiger partial charge >= 0.3 is 0 Å². The van der Waals surface area contributed by atoms with E-state index >= 15 is 0 Å². The van der Waals surface area contributed by atoms with Crippen molar-refractivity contribution >= 4 is 46.6 Å². The maximum Gasteiger partial charge on any atom is 0.254 e. The number of amides is 3. The first-order valence-electron chi connectivity index (χ1n) is 10.9. The Labute approximate surface area is 212 Å². The molecule has 6 nitrogen and oxygen atoms in total. The average molecular weight is 514 g/mol. The minimum Gasteiger partial charge on any atom is -0.325 e. The van der Waals surface area contributed by atoms with E-state index in [-0.39, 0.29) is 32.2 Å². The van der Waals surface area contributed by atoms with E-state index in [2.05, 4.69) is 0 Å². The van der Waals surface area contributed by atoms with E-state index < -0.39 is 17.6 Å². The fraction of sp³-hybridized carbons (Fsp3) is 0.192. The van der Waals surface area contributed by atoms with E-state index in [9.17, 15) is 18.8 Å². The SMILES string of the molecule is Cc1c(Cl)cccc1N1CN(C(=O)CN(Cc2ccc(F)cc2)C(=O)c2cccc(Cl)c2)CC1=O. The van der Waals surface area contributed by atoms with Crippen molar-refractivity contribution in [2.45, 2.75) is 13.5 Å². The van der Waals surface area contributed by atoms with E-state index in [1.54, 1.807) is 48.5 Å². The van der Waals surface area contributed by atoms with Crippen LogP contribution in [0, 0.1) is 12.7 Å². The van der Waals surface area contributed by atoms with Gasteiger partial charge in [-0.05, 0) is 60.5 Å². The molecule has 3 amide bonds. The van der Waals surface area contributed by atoms with Crippen molar-refractivity contribution in [3.05, 3.63) is 99.3 Å². The van der Waals surface area contributed by atoms with E-state index in [4.69, 9.17) is 23.2 Å². The monoisotopic (exact) mass is 513 g/mol. The van der Waals surface area contributed by atoms with Crippen LogP contribution in [0.3, 0.4) is 0 Å². The summed E-state index contributed by atoms with van der Waals surface area (Å²) in [6.07, 6.45) is 0. The molecule has 0 radical (unpaired) electrons. The summed E-state index contributed by atoms with van der Waals surface area (Å²) in [5.41, 5.74) is 2.35. The summed E-state index contributed by atoms with van der Waals surface area (Å²) < 4.78 is 13.4. The molecule has 0 atom stereocenters. The topological polar surface area (TPSA) is 60.9 Å².